The minimum absolute atomic E-state index is 0.587. The van der Waals surface area contributed by atoms with E-state index in [2.05, 4.69) is 41.6 Å². The Kier molecular flexibility index (Phi) is 3.11. The van der Waals surface area contributed by atoms with Gasteiger partial charge < -0.3 is 4.57 Å². The molecule has 1 fully saturated rings. The van der Waals surface area contributed by atoms with Crippen LogP contribution in [-0.2, 0) is 0 Å². The summed E-state index contributed by atoms with van der Waals surface area (Å²) in [6.07, 6.45) is 8.82. The van der Waals surface area contributed by atoms with Gasteiger partial charge in [0.05, 0.1) is 17.4 Å². The second-order valence-corrected chi connectivity index (χ2v) is 5.85. The summed E-state index contributed by atoms with van der Waals surface area (Å²) in [4.78, 5) is 4.56. The summed E-state index contributed by atoms with van der Waals surface area (Å²) in [5.41, 5.74) is 3.89. The first-order valence-corrected chi connectivity index (χ1v) is 7.22. The monoisotopic (exact) mass is 242 g/mol. The number of imidazole rings is 1. The lowest BCUT2D eigenvalue weighted by atomic mass is 9.95. The van der Waals surface area contributed by atoms with E-state index in [4.69, 9.17) is 0 Å². The molecule has 0 aliphatic heterocycles. The Hall–Kier alpha value is -1.31. The molecule has 0 amide bonds. The lowest BCUT2D eigenvalue weighted by Gasteiger charge is -2.23. The van der Waals surface area contributed by atoms with Crippen LogP contribution in [0.15, 0.2) is 24.5 Å². The number of hydrogen-bond acceptors (Lipinski definition) is 1. The van der Waals surface area contributed by atoms with Gasteiger partial charge in [-0.3, -0.25) is 0 Å². The topological polar surface area (TPSA) is 17.8 Å². The van der Waals surface area contributed by atoms with Gasteiger partial charge in [-0.05, 0) is 36.5 Å². The Bertz CT molecular complexity index is 533. The maximum Gasteiger partial charge on any atom is 0.0960 e. The van der Waals surface area contributed by atoms with Crippen molar-refractivity contribution in [3.05, 3.63) is 30.1 Å². The molecule has 2 nitrogen and oxygen atoms in total. The Morgan fingerprint density at radius 2 is 1.94 bits per heavy atom. The zero-order valence-electron chi connectivity index (χ0n) is 11.4. The van der Waals surface area contributed by atoms with Gasteiger partial charge in [-0.1, -0.05) is 39.2 Å². The van der Waals surface area contributed by atoms with Crippen LogP contribution in [0.25, 0.3) is 11.0 Å². The van der Waals surface area contributed by atoms with Crippen LogP contribution in [0.4, 0.5) is 0 Å². The smallest absolute Gasteiger partial charge is 0.0960 e. The van der Waals surface area contributed by atoms with E-state index in [-0.39, 0.29) is 0 Å². The van der Waals surface area contributed by atoms with Crippen molar-refractivity contribution in [1.29, 1.82) is 0 Å². The molecule has 0 radical (unpaired) electrons. The molecule has 1 aliphatic rings. The van der Waals surface area contributed by atoms with Crippen LogP contribution in [0.2, 0.25) is 0 Å². The lowest BCUT2D eigenvalue weighted by molar-refractivity contribution is 0.359. The Morgan fingerprint density at radius 1 is 1.17 bits per heavy atom. The quantitative estimate of drug-likeness (QED) is 0.748. The van der Waals surface area contributed by atoms with E-state index in [0.29, 0.717) is 12.0 Å². The van der Waals surface area contributed by atoms with E-state index in [0.717, 1.165) is 5.52 Å². The van der Waals surface area contributed by atoms with Crippen molar-refractivity contribution in [2.24, 2.45) is 0 Å². The van der Waals surface area contributed by atoms with Gasteiger partial charge in [0.15, 0.2) is 0 Å². The highest BCUT2D eigenvalue weighted by molar-refractivity contribution is 5.76. The minimum Gasteiger partial charge on any atom is -0.327 e. The van der Waals surface area contributed by atoms with Crippen molar-refractivity contribution in [3.63, 3.8) is 0 Å². The van der Waals surface area contributed by atoms with Crippen molar-refractivity contribution < 1.29 is 0 Å². The van der Waals surface area contributed by atoms with E-state index >= 15 is 0 Å². The first-order chi connectivity index (χ1) is 8.75. The molecule has 1 heterocycles. The summed E-state index contributed by atoms with van der Waals surface area (Å²) < 4.78 is 2.42. The summed E-state index contributed by atoms with van der Waals surface area (Å²) >= 11 is 0. The largest absolute Gasteiger partial charge is 0.327 e. The van der Waals surface area contributed by atoms with Crippen molar-refractivity contribution in [3.8, 4) is 0 Å². The van der Waals surface area contributed by atoms with Crippen molar-refractivity contribution in [2.45, 2.75) is 57.9 Å². The van der Waals surface area contributed by atoms with Crippen LogP contribution >= 0.6 is 0 Å². The molecule has 1 aromatic heterocycles. The molecule has 2 aromatic rings. The minimum atomic E-state index is 0.587. The van der Waals surface area contributed by atoms with Crippen LogP contribution in [0.3, 0.4) is 0 Å². The predicted octanol–water partition coefficient (Wildman–Crippen LogP) is 4.66. The van der Waals surface area contributed by atoms with Gasteiger partial charge in [0.1, 0.15) is 0 Å². The zero-order chi connectivity index (χ0) is 12.5. The second kappa shape index (κ2) is 4.75. The highest BCUT2D eigenvalue weighted by Crippen LogP contribution is 2.31. The Balaban J connectivity index is 2.03. The van der Waals surface area contributed by atoms with Crippen molar-refractivity contribution >= 4 is 11.0 Å². The zero-order valence-corrected chi connectivity index (χ0v) is 11.4. The SMILES string of the molecule is CC(C)c1ccc2ncn(C3CCCCC3)c2c1. The van der Waals surface area contributed by atoms with Gasteiger partial charge in [-0.25, -0.2) is 4.98 Å². The molecule has 3 rings (SSSR count). The van der Waals surface area contributed by atoms with Gasteiger partial charge >= 0.3 is 0 Å². The van der Waals surface area contributed by atoms with Crippen LogP contribution in [-0.4, -0.2) is 9.55 Å². The molecule has 18 heavy (non-hydrogen) atoms. The van der Waals surface area contributed by atoms with E-state index < -0.39 is 0 Å². The van der Waals surface area contributed by atoms with E-state index in [1.165, 1.54) is 43.2 Å². The third-order valence-electron chi connectivity index (χ3n) is 4.23. The number of aromatic nitrogens is 2. The molecule has 1 saturated carbocycles. The molecule has 0 spiro atoms. The molecule has 0 unspecified atom stereocenters. The van der Waals surface area contributed by atoms with Crippen molar-refractivity contribution in [1.82, 2.24) is 9.55 Å². The lowest BCUT2D eigenvalue weighted by Crippen LogP contribution is -2.11. The summed E-state index contributed by atoms with van der Waals surface area (Å²) in [6, 6.07) is 7.39. The molecule has 2 heteroatoms. The fraction of sp³-hybridized carbons (Fsp3) is 0.562. The average molecular weight is 242 g/mol. The summed E-state index contributed by atoms with van der Waals surface area (Å²) in [6.45, 7) is 4.50. The highest BCUT2D eigenvalue weighted by atomic mass is 15.1. The number of nitrogens with zero attached hydrogens (tertiary/aromatic N) is 2. The summed E-state index contributed by atoms with van der Waals surface area (Å²) in [5.74, 6) is 0.587. The van der Waals surface area contributed by atoms with E-state index in [9.17, 15) is 0 Å². The molecule has 0 saturated heterocycles. The first kappa shape index (κ1) is 11.8. The van der Waals surface area contributed by atoms with Gasteiger partial charge in [0, 0.05) is 6.04 Å². The Labute approximate surface area is 109 Å². The van der Waals surface area contributed by atoms with E-state index in [1.54, 1.807) is 0 Å². The number of benzene rings is 1. The van der Waals surface area contributed by atoms with Crippen LogP contribution < -0.4 is 0 Å². The maximum absolute atomic E-state index is 4.56. The molecule has 96 valence electrons. The summed E-state index contributed by atoms with van der Waals surface area (Å²) in [7, 11) is 0. The average Bonchev–Trinajstić information content (AvgIpc) is 2.82. The molecular weight excluding hydrogens is 220 g/mol. The van der Waals surface area contributed by atoms with Crippen LogP contribution in [0.1, 0.15) is 63.5 Å². The van der Waals surface area contributed by atoms with Crippen LogP contribution in [0.5, 0.6) is 0 Å². The molecule has 1 aliphatic carbocycles. The fourth-order valence-electron chi connectivity index (χ4n) is 3.05. The first-order valence-electron chi connectivity index (χ1n) is 7.22. The maximum atomic E-state index is 4.56. The second-order valence-electron chi connectivity index (χ2n) is 5.85. The standard InChI is InChI=1S/C16H22N2/c1-12(2)13-8-9-15-16(10-13)18(11-17-15)14-6-4-3-5-7-14/h8-12,14H,3-7H2,1-2H3. The fourth-order valence-corrected chi connectivity index (χ4v) is 3.05. The molecule has 0 N–H and O–H groups in total. The molecule has 0 bridgehead atoms. The summed E-state index contributed by atoms with van der Waals surface area (Å²) in [5, 5.41) is 0. The molecule has 1 aromatic carbocycles. The number of rotatable bonds is 2. The van der Waals surface area contributed by atoms with Gasteiger partial charge in [-0.15, -0.1) is 0 Å². The third kappa shape index (κ3) is 2.05. The molecule has 0 atom stereocenters. The van der Waals surface area contributed by atoms with Gasteiger partial charge in [0.25, 0.3) is 0 Å². The normalized spacial score (nSPS) is 17.7. The highest BCUT2D eigenvalue weighted by Gasteiger charge is 2.17. The number of fused-ring (bicyclic) bond motifs is 1. The van der Waals surface area contributed by atoms with Crippen molar-refractivity contribution in [2.75, 3.05) is 0 Å². The number of hydrogen-bond donors (Lipinski definition) is 0. The van der Waals surface area contributed by atoms with E-state index in [1.807, 2.05) is 6.33 Å². The predicted molar refractivity (Wildman–Crippen MR) is 75.9 cm³/mol. The Morgan fingerprint density at radius 3 is 2.67 bits per heavy atom. The van der Waals surface area contributed by atoms with Gasteiger partial charge in [0.2, 0.25) is 0 Å². The molecular formula is C16H22N2. The third-order valence-corrected chi connectivity index (χ3v) is 4.23. The van der Waals surface area contributed by atoms with Crippen LogP contribution in [0, 0.1) is 0 Å². The van der Waals surface area contributed by atoms with Gasteiger partial charge in [-0.2, -0.15) is 0 Å².